The minimum Gasteiger partial charge on any atom is -0.484 e. The molecule has 11 nitrogen and oxygen atoms in total. The fraction of sp³-hybridized carbons (Fsp3) is 0.391. The fourth-order valence-corrected chi connectivity index (χ4v) is 5.30. The number of para-hydroxylation sites is 1. The molecule has 0 radical (unpaired) electrons. The van der Waals surface area contributed by atoms with Gasteiger partial charge in [-0.05, 0) is 24.3 Å². The Morgan fingerprint density at radius 1 is 1.11 bits per heavy atom. The summed E-state index contributed by atoms with van der Waals surface area (Å²) >= 11 is 0. The number of anilines is 1. The summed E-state index contributed by atoms with van der Waals surface area (Å²) in [6.45, 7) is 2.43. The first-order valence-electron chi connectivity index (χ1n) is 11.4. The lowest BCUT2D eigenvalue weighted by Gasteiger charge is -2.33. The van der Waals surface area contributed by atoms with Gasteiger partial charge in [0.25, 0.3) is 11.8 Å². The number of rotatable bonds is 6. The van der Waals surface area contributed by atoms with E-state index in [1.807, 2.05) is 35.2 Å². The Hall–Kier alpha value is -3.51. The van der Waals surface area contributed by atoms with Crippen LogP contribution in [-0.2, 0) is 14.6 Å². The van der Waals surface area contributed by atoms with Crippen molar-refractivity contribution in [2.45, 2.75) is 6.04 Å². The van der Waals surface area contributed by atoms with Crippen molar-refractivity contribution < 1.29 is 22.5 Å². The first-order valence-corrected chi connectivity index (χ1v) is 13.2. The summed E-state index contributed by atoms with van der Waals surface area (Å²) in [4.78, 5) is 25.5. The molecule has 2 aromatic heterocycles. The highest BCUT2D eigenvalue weighted by atomic mass is 32.2. The Morgan fingerprint density at radius 2 is 1.91 bits per heavy atom. The predicted molar refractivity (Wildman–Crippen MR) is 128 cm³/mol. The van der Waals surface area contributed by atoms with Gasteiger partial charge in [-0.25, -0.2) is 13.4 Å². The van der Waals surface area contributed by atoms with E-state index in [9.17, 15) is 13.2 Å². The van der Waals surface area contributed by atoms with Crippen LogP contribution in [-0.4, -0.2) is 85.2 Å². The molecule has 0 aliphatic carbocycles. The van der Waals surface area contributed by atoms with Crippen molar-refractivity contribution >= 4 is 21.6 Å². The molecule has 35 heavy (non-hydrogen) atoms. The first kappa shape index (κ1) is 23.2. The van der Waals surface area contributed by atoms with Gasteiger partial charge in [0.15, 0.2) is 16.4 Å². The number of piperazine rings is 1. The lowest BCUT2D eigenvalue weighted by atomic mass is 10.2. The molecule has 0 saturated carbocycles. The topological polar surface area (TPSA) is 131 Å². The molecule has 1 N–H and O–H groups in total. The van der Waals surface area contributed by atoms with Crippen molar-refractivity contribution in [1.29, 1.82) is 0 Å². The number of ether oxygens (including phenoxy) is 1. The van der Waals surface area contributed by atoms with Crippen molar-refractivity contribution in [3.8, 4) is 17.1 Å². The van der Waals surface area contributed by atoms with E-state index in [1.54, 1.807) is 23.2 Å². The average molecular weight is 499 g/mol. The van der Waals surface area contributed by atoms with Crippen LogP contribution in [0, 0.1) is 0 Å². The smallest absolute Gasteiger partial charge is 0.261 e. The van der Waals surface area contributed by atoms with Gasteiger partial charge in [0.2, 0.25) is 5.82 Å². The third-order valence-electron chi connectivity index (χ3n) is 6.07. The lowest BCUT2D eigenvalue weighted by Crippen LogP contribution is -2.50. The van der Waals surface area contributed by atoms with Gasteiger partial charge in [-0.1, -0.05) is 23.4 Å². The summed E-state index contributed by atoms with van der Waals surface area (Å²) in [7, 11) is -2.95. The van der Waals surface area contributed by atoms with Crippen molar-refractivity contribution in [2.24, 2.45) is 0 Å². The Labute approximate surface area is 203 Å². The van der Waals surface area contributed by atoms with Crippen LogP contribution in [0.15, 0.2) is 53.2 Å². The Balaban J connectivity index is 1.25. The molecule has 1 atom stereocenters. The number of benzene rings is 1. The summed E-state index contributed by atoms with van der Waals surface area (Å²) in [5, 5.41) is 7.36. The van der Waals surface area contributed by atoms with Crippen molar-refractivity contribution in [3.63, 3.8) is 0 Å². The number of nitrogens with zero attached hydrogens (tertiary/aromatic N) is 5. The van der Waals surface area contributed by atoms with E-state index >= 15 is 0 Å². The molecular formula is C23H26N6O5S. The molecule has 0 spiro atoms. The van der Waals surface area contributed by atoms with Crippen LogP contribution >= 0.6 is 0 Å². The second-order valence-electron chi connectivity index (χ2n) is 8.41. The first-order chi connectivity index (χ1) is 17.0. The predicted octanol–water partition coefficient (Wildman–Crippen LogP) is 0.918. The van der Waals surface area contributed by atoms with Crippen LogP contribution in [0.3, 0.4) is 0 Å². The van der Waals surface area contributed by atoms with Crippen LogP contribution in [0.4, 0.5) is 5.82 Å². The molecule has 12 heteroatoms. The lowest BCUT2D eigenvalue weighted by molar-refractivity contribution is -0.137. The standard InChI is InChI=1S/C23H26N6O5S/c30-21(16-33-18-4-2-1-3-5-18)29-9-8-24-15-19(29)23-26-22(27-34-23)17-6-7-20(25-14-17)28-10-12-35(31,32)13-11-28/h1-7,14,19,24H,8-13,15-16H2. The van der Waals surface area contributed by atoms with E-state index in [0.29, 0.717) is 61.6 Å². The van der Waals surface area contributed by atoms with Gasteiger partial charge >= 0.3 is 0 Å². The summed E-state index contributed by atoms with van der Waals surface area (Å²) < 4.78 is 34.5. The molecular weight excluding hydrogens is 472 g/mol. The molecule has 1 amide bonds. The summed E-state index contributed by atoms with van der Waals surface area (Å²) in [5.74, 6) is 2.16. The third-order valence-corrected chi connectivity index (χ3v) is 7.68. The second kappa shape index (κ2) is 10.0. The van der Waals surface area contributed by atoms with E-state index in [1.165, 1.54) is 0 Å². The zero-order valence-corrected chi connectivity index (χ0v) is 19.9. The van der Waals surface area contributed by atoms with Gasteiger partial charge in [-0.2, -0.15) is 4.98 Å². The molecule has 1 aromatic carbocycles. The van der Waals surface area contributed by atoms with Crippen LogP contribution < -0.4 is 15.0 Å². The van der Waals surface area contributed by atoms with Crippen molar-refractivity contribution in [2.75, 3.05) is 55.7 Å². The number of nitrogens with one attached hydrogen (secondary N) is 1. The fourth-order valence-electron chi connectivity index (χ4n) is 4.10. The number of hydrogen-bond acceptors (Lipinski definition) is 10. The van der Waals surface area contributed by atoms with Gasteiger partial charge in [-0.3, -0.25) is 4.79 Å². The zero-order chi connectivity index (χ0) is 24.3. The summed E-state index contributed by atoms with van der Waals surface area (Å²) in [5.41, 5.74) is 0.669. The molecule has 2 aliphatic rings. The minimum atomic E-state index is -2.95. The Bertz CT molecular complexity index is 1250. The molecule has 184 valence electrons. The number of pyridine rings is 1. The molecule has 3 aromatic rings. The second-order valence-corrected chi connectivity index (χ2v) is 10.7. The van der Waals surface area contributed by atoms with Gasteiger partial charge in [-0.15, -0.1) is 0 Å². The van der Waals surface area contributed by atoms with Gasteiger partial charge in [0.1, 0.15) is 17.6 Å². The number of aromatic nitrogens is 3. The number of carbonyl (C=O) groups is 1. The van der Waals surface area contributed by atoms with Crippen molar-refractivity contribution in [1.82, 2.24) is 25.3 Å². The monoisotopic (exact) mass is 498 g/mol. The highest BCUT2D eigenvalue weighted by molar-refractivity contribution is 7.91. The SMILES string of the molecule is O=C(COc1ccccc1)N1CCNCC1c1nc(-c2ccc(N3CCS(=O)(=O)CC3)nc2)no1. The highest BCUT2D eigenvalue weighted by Gasteiger charge is 2.32. The summed E-state index contributed by atoms with van der Waals surface area (Å²) in [6, 6.07) is 12.4. The van der Waals surface area contributed by atoms with Crippen LogP contribution in [0.2, 0.25) is 0 Å². The largest absolute Gasteiger partial charge is 0.484 e. The molecule has 2 aliphatic heterocycles. The maximum atomic E-state index is 12.9. The van der Waals surface area contributed by atoms with Crippen LogP contribution in [0.1, 0.15) is 11.9 Å². The molecule has 4 heterocycles. The minimum absolute atomic E-state index is 0.0787. The van der Waals surface area contributed by atoms with E-state index in [-0.39, 0.29) is 24.0 Å². The molecule has 2 fully saturated rings. The number of amides is 1. The number of hydrogen-bond donors (Lipinski definition) is 1. The summed E-state index contributed by atoms with van der Waals surface area (Å²) in [6.07, 6.45) is 1.64. The molecule has 2 saturated heterocycles. The maximum Gasteiger partial charge on any atom is 0.261 e. The molecule has 1 unspecified atom stereocenters. The maximum absolute atomic E-state index is 12.9. The van der Waals surface area contributed by atoms with Crippen molar-refractivity contribution in [3.05, 3.63) is 54.6 Å². The van der Waals surface area contributed by atoms with Crippen LogP contribution in [0.5, 0.6) is 5.75 Å². The third kappa shape index (κ3) is 5.43. The Kier molecular flexibility index (Phi) is 6.64. The van der Waals surface area contributed by atoms with E-state index in [4.69, 9.17) is 9.26 Å². The van der Waals surface area contributed by atoms with Gasteiger partial charge in [0.05, 0.1) is 11.5 Å². The van der Waals surface area contributed by atoms with E-state index < -0.39 is 15.9 Å². The van der Waals surface area contributed by atoms with E-state index in [2.05, 4.69) is 20.4 Å². The molecule has 5 rings (SSSR count). The zero-order valence-electron chi connectivity index (χ0n) is 19.0. The van der Waals surface area contributed by atoms with Crippen LogP contribution in [0.25, 0.3) is 11.4 Å². The van der Waals surface area contributed by atoms with Gasteiger partial charge < -0.3 is 24.4 Å². The molecule has 0 bridgehead atoms. The normalized spacial score (nSPS) is 19.9. The Morgan fingerprint density at radius 3 is 2.66 bits per heavy atom. The highest BCUT2D eigenvalue weighted by Crippen LogP contribution is 2.25. The number of carbonyl (C=O) groups excluding carboxylic acids is 1. The van der Waals surface area contributed by atoms with E-state index in [0.717, 1.165) is 0 Å². The number of sulfone groups is 1. The van der Waals surface area contributed by atoms with Gasteiger partial charge in [0, 0.05) is 44.5 Å². The average Bonchev–Trinajstić information content (AvgIpc) is 3.38. The quantitative estimate of drug-likeness (QED) is 0.523.